The molecule has 0 radical (unpaired) electrons. The fourth-order valence-corrected chi connectivity index (χ4v) is 4.59. The first kappa shape index (κ1) is 18.6. The topological polar surface area (TPSA) is 71.0 Å². The van der Waals surface area contributed by atoms with Crippen molar-refractivity contribution in [3.05, 3.63) is 70.8 Å². The lowest BCUT2D eigenvalue weighted by molar-refractivity contribution is 0.0677. The van der Waals surface area contributed by atoms with E-state index in [0.29, 0.717) is 18.8 Å². The van der Waals surface area contributed by atoms with Crippen LogP contribution in [-0.2, 0) is 5.41 Å². The third kappa shape index (κ3) is 3.38. The van der Waals surface area contributed by atoms with Crippen LogP contribution in [0.5, 0.6) is 0 Å². The molecule has 3 aromatic rings. The molecule has 0 unspecified atom stereocenters. The summed E-state index contributed by atoms with van der Waals surface area (Å²) < 4.78 is 0. The van der Waals surface area contributed by atoms with E-state index in [9.17, 15) is 4.79 Å². The molecule has 4 rings (SSSR count). The Morgan fingerprint density at radius 1 is 1.14 bits per heavy atom. The van der Waals surface area contributed by atoms with Gasteiger partial charge in [0, 0.05) is 37.1 Å². The number of piperidine rings is 1. The standard InChI is InChI=1S/C21H23N5OS/c1-15-12-24-17(13-23-15)19(27)26-10-8-21(9-11-26,16-6-4-3-5-7-16)18-14-28-20(22-2)25-18/h3-7,12-14H,8-11H2,1-2H3,(H,22,25). The molecule has 2 aromatic heterocycles. The first-order chi connectivity index (χ1) is 13.6. The molecule has 3 heterocycles. The van der Waals surface area contributed by atoms with Gasteiger partial charge in [0.05, 0.1) is 17.6 Å². The number of nitrogens with zero attached hydrogens (tertiary/aromatic N) is 4. The van der Waals surface area contributed by atoms with Crippen molar-refractivity contribution >= 4 is 22.4 Å². The van der Waals surface area contributed by atoms with E-state index in [1.165, 1.54) is 5.56 Å². The van der Waals surface area contributed by atoms with Crippen molar-refractivity contribution in [3.63, 3.8) is 0 Å². The summed E-state index contributed by atoms with van der Waals surface area (Å²) in [6, 6.07) is 10.5. The molecule has 1 N–H and O–H groups in total. The van der Waals surface area contributed by atoms with Crippen molar-refractivity contribution in [2.75, 3.05) is 25.5 Å². The second-order valence-electron chi connectivity index (χ2n) is 7.07. The molecule has 1 aromatic carbocycles. The van der Waals surface area contributed by atoms with Crippen LogP contribution in [0.15, 0.2) is 48.1 Å². The van der Waals surface area contributed by atoms with E-state index in [1.807, 2.05) is 24.9 Å². The Labute approximate surface area is 168 Å². The molecule has 0 bridgehead atoms. The Kier molecular flexibility index (Phi) is 5.09. The highest BCUT2D eigenvalue weighted by Crippen LogP contribution is 2.42. The van der Waals surface area contributed by atoms with Crippen molar-refractivity contribution in [1.82, 2.24) is 19.9 Å². The lowest BCUT2D eigenvalue weighted by Crippen LogP contribution is -2.46. The van der Waals surface area contributed by atoms with Crippen molar-refractivity contribution in [2.45, 2.75) is 25.2 Å². The smallest absolute Gasteiger partial charge is 0.274 e. The Hall–Kier alpha value is -2.80. The normalized spacial score (nSPS) is 16.0. The molecular formula is C21H23N5OS. The summed E-state index contributed by atoms with van der Waals surface area (Å²) in [5.74, 6) is -0.0525. The average molecular weight is 394 g/mol. The highest BCUT2D eigenvalue weighted by molar-refractivity contribution is 7.13. The van der Waals surface area contributed by atoms with Gasteiger partial charge >= 0.3 is 0 Å². The summed E-state index contributed by atoms with van der Waals surface area (Å²) in [5, 5.41) is 6.19. The summed E-state index contributed by atoms with van der Waals surface area (Å²) in [4.78, 5) is 28.0. The minimum absolute atomic E-state index is 0.0525. The number of amides is 1. The van der Waals surface area contributed by atoms with Gasteiger partial charge in [0.25, 0.3) is 5.91 Å². The lowest BCUT2D eigenvalue weighted by Gasteiger charge is -2.41. The van der Waals surface area contributed by atoms with Crippen LogP contribution in [0.3, 0.4) is 0 Å². The lowest BCUT2D eigenvalue weighted by atomic mass is 9.70. The van der Waals surface area contributed by atoms with Crippen molar-refractivity contribution in [1.29, 1.82) is 0 Å². The highest BCUT2D eigenvalue weighted by atomic mass is 32.1. The van der Waals surface area contributed by atoms with Crippen LogP contribution in [0.2, 0.25) is 0 Å². The Bertz CT molecular complexity index is 946. The van der Waals surface area contributed by atoms with Crippen LogP contribution < -0.4 is 5.32 Å². The molecule has 0 atom stereocenters. The highest BCUT2D eigenvalue weighted by Gasteiger charge is 2.41. The van der Waals surface area contributed by atoms with E-state index in [4.69, 9.17) is 4.98 Å². The number of carbonyl (C=O) groups excluding carboxylic acids is 1. The van der Waals surface area contributed by atoms with Gasteiger partial charge in [0.15, 0.2) is 5.13 Å². The van der Waals surface area contributed by atoms with Gasteiger partial charge in [-0.15, -0.1) is 11.3 Å². The number of hydrogen-bond donors (Lipinski definition) is 1. The molecule has 6 nitrogen and oxygen atoms in total. The summed E-state index contributed by atoms with van der Waals surface area (Å²) in [6.45, 7) is 3.19. The van der Waals surface area contributed by atoms with Gasteiger partial charge in [-0.3, -0.25) is 9.78 Å². The number of nitrogens with one attached hydrogen (secondary N) is 1. The third-order valence-electron chi connectivity index (χ3n) is 5.44. The zero-order chi connectivity index (χ0) is 19.6. The van der Waals surface area contributed by atoms with Crippen molar-refractivity contribution in [2.24, 2.45) is 0 Å². The number of benzene rings is 1. The zero-order valence-corrected chi connectivity index (χ0v) is 16.9. The average Bonchev–Trinajstić information content (AvgIpc) is 3.24. The second kappa shape index (κ2) is 7.67. The number of hydrogen-bond acceptors (Lipinski definition) is 6. The van der Waals surface area contributed by atoms with E-state index < -0.39 is 0 Å². The van der Waals surface area contributed by atoms with Gasteiger partial charge < -0.3 is 10.2 Å². The molecule has 0 saturated carbocycles. The molecule has 28 heavy (non-hydrogen) atoms. The van der Waals surface area contributed by atoms with Gasteiger partial charge in [0.2, 0.25) is 0 Å². The Balaban J connectivity index is 1.60. The summed E-state index contributed by atoms with van der Waals surface area (Å²) in [6.07, 6.45) is 4.86. The fourth-order valence-electron chi connectivity index (χ4n) is 3.81. The number of carbonyl (C=O) groups is 1. The molecular weight excluding hydrogens is 370 g/mol. The number of thiazole rings is 1. The van der Waals surface area contributed by atoms with E-state index in [1.54, 1.807) is 23.7 Å². The summed E-state index contributed by atoms with van der Waals surface area (Å²) in [5.41, 5.74) is 3.37. The van der Waals surface area contributed by atoms with Crippen molar-refractivity contribution in [3.8, 4) is 0 Å². The minimum Gasteiger partial charge on any atom is -0.365 e. The molecule has 1 aliphatic rings. The number of rotatable bonds is 4. The van der Waals surface area contributed by atoms with Crippen molar-refractivity contribution < 1.29 is 4.79 Å². The summed E-state index contributed by atoms with van der Waals surface area (Å²) in [7, 11) is 1.89. The van der Waals surface area contributed by atoms with E-state index in [0.717, 1.165) is 29.4 Å². The predicted octanol–water partition coefficient (Wildman–Crippen LogP) is 3.51. The molecule has 0 aliphatic carbocycles. The third-order valence-corrected chi connectivity index (χ3v) is 6.30. The first-order valence-electron chi connectivity index (χ1n) is 9.39. The van der Waals surface area contributed by atoms with Crippen LogP contribution in [0.25, 0.3) is 0 Å². The fraction of sp³-hybridized carbons (Fsp3) is 0.333. The monoisotopic (exact) mass is 393 g/mol. The van der Waals surface area contributed by atoms with E-state index in [2.05, 4.69) is 44.9 Å². The quantitative estimate of drug-likeness (QED) is 0.734. The largest absolute Gasteiger partial charge is 0.365 e. The van der Waals surface area contributed by atoms with E-state index >= 15 is 0 Å². The molecule has 7 heteroatoms. The maximum atomic E-state index is 12.8. The predicted molar refractivity (Wildman–Crippen MR) is 111 cm³/mol. The maximum Gasteiger partial charge on any atom is 0.274 e. The Morgan fingerprint density at radius 2 is 1.89 bits per heavy atom. The Morgan fingerprint density at radius 3 is 2.50 bits per heavy atom. The van der Waals surface area contributed by atoms with Gasteiger partial charge in [-0.1, -0.05) is 30.3 Å². The molecule has 1 fully saturated rings. The number of aryl methyl sites for hydroxylation is 1. The van der Waals surface area contributed by atoms with Gasteiger partial charge in [-0.25, -0.2) is 9.97 Å². The number of aromatic nitrogens is 3. The number of anilines is 1. The molecule has 0 spiro atoms. The summed E-state index contributed by atoms with van der Waals surface area (Å²) >= 11 is 1.62. The molecule has 1 aliphatic heterocycles. The second-order valence-corrected chi connectivity index (χ2v) is 7.93. The maximum absolute atomic E-state index is 12.8. The van der Waals surface area contributed by atoms with Crippen LogP contribution in [0, 0.1) is 6.92 Å². The van der Waals surface area contributed by atoms with Crippen LogP contribution in [0.1, 0.15) is 40.3 Å². The van der Waals surface area contributed by atoms with E-state index in [-0.39, 0.29) is 11.3 Å². The minimum atomic E-state index is -0.178. The van der Waals surface area contributed by atoms with Crippen LogP contribution in [-0.4, -0.2) is 45.9 Å². The van der Waals surface area contributed by atoms with Crippen LogP contribution in [0.4, 0.5) is 5.13 Å². The number of likely N-dealkylation sites (tertiary alicyclic amines) is 1. The van der Waals surface area contributed by atoms with Crippen LogP contribution >= 0.6 is 11.3 Å². The molecule has 1 saturated heterocycles. The zero-order valence-electron chi connectivity index (χ0n) is 16.1. The van der Waals surface area contributed by atoms with Gasteiger partial charge in [-0.2, -0.15) is 0 Å². The van der Waals surface area contributed by atoms with Gasteiger partial charge in [0.1, 0.15) is 5.69 Å². The van der Waals surface area contributed by atoms with Gasteiger partial charge in [-0.05, 0) is 25.3 Å². The first-order valence-corrected chi connectivity index (χ1v) is 10.3. The molecule has 1 amide bonds. The SMILES string of the molecule is CNc1nc(C2(c3ccccc3)CCN(C(=O)c3cnc(C)cn3)CC2)cs1. The molecule has 144 valence electrons.